The summed E-state index contributed by atoms with van der Waals surface area (Å²) in [5.74, 6) is -0.439. The molecule has 2 aromatic rings. The van der Waals surface area contributed by atoms with E-state index in [0.717, 1.165) is 4.68 Å². The van der Waals surface area contributed by atoms with Gasteiger partial charge in [0, 0.05) is 31.3 Å². The molecule has 0 saturated carbocycles. The molecule has 1 atom stereocenters. The van der Waals surface area contributed by atoms with Gasteiger partial charge in [-0.05, 0) is 18.2 Å². The largest absolute Gasteiger partial charge is 0.350 e. The lowest BCUT2D eigenvalue weighted by atomic mass is 10.2. The maximum atomic E-state index is 12.9. The second-order valence-electron chi connectivity index (χ2n) is 3.84. The minimum absolute atomic E-state index is 0.201. The Hall–Kier alpha value is -2.31. The van der Waals surface area contributed by atoms with Crippen molar-refractivity contribution in [1.29, 1.82) is 0 Å². The monoisotopic (exact) mass is 266 g/mol. The highest BCUT2D eigenvalue weighted by atomic mass is 19.3. The van der Waals surface area contributed by atoms with E-state index in [1.54, 1.807) is 18.2 Å². The molecule has 0 radical (unpaired) electrons. The summed E-state index contributed by atoms with van der Waals surface area (Å²) in [5, 5.41) is 6.21. The Morgan fingerprint density at radius 3 is 2.79 bits per heavy atom. The van der Waals surface area contributed by atoms with Gasteiger partial charge in [-0.2, -0.15) is 5.10 Å². The molecular formula is C12H12F2N4O. The van der Waals surface area contributed by atoms with Gasteiger partial charge in [0.05, 0.1) is 5.56 Å². The topological polar surface area (TPSA) is 59.8 Å². The average Bonchev–Trinajstić information content (AvgIpc) is 2.93. The first kappa shape index (κ1) is 13.1. The van der Waals surface area contributed by atoms with E-state index < -0.39 is 18.4 Å². The molecule has 2 heterocycles. The molecule has 19 heavy (non-hydrogen) atoms. The summed E-state index contributed by atoms with van der Waals surface area (Å²) in [5.41, 5.74) is 0.330. The molecular weight excluding hydrogens is 254 g/mol. The van der Waals surface area contributed by atoms with Crippen molar-refractivity contribution < 1.29 is 13.6 Å². The number of halogens is 2. The molecule has 1 unspecified atom stereocenters. The van der Waals surface area contributed by atoms with Gasteiger partial charge in [-0.1, -0.05) is 0 Å². The van der Waals surface area contributed by atoms with Crippen molar-refractivity contribution in [1.82, 2.24) is 20.1 Å². The van der Waals surface area contributed by atoms with E-state index in [1.165, 1.54) is 24.8 Å². The maximum Gasteiger partial charge on any atom is 0.262 e. The summed E-state index contributed by atoms with van der Waals surface area (Å²) >= 11 is 0. The highest BCUT2D eigenvalue weighted by Crippen LogP contribution is 2.14. The number of nitrogens with zero attached hydrogens (tertiary/aromatic N) is 3. The van der Waals surface area contributed by atoms with E-state index in [-0.39, 0.29) is 6.54 Å². The van der Waals surface area contributed by atoms with Crippen LogP contribution in [0.2, 0.25) is 0 Å². The number of pyridine rings is 1. The number of aromatic nitrogens is 3. The first-order valence-corrected chi connectivity index (χ1v) is 5.64. The number of hydrogen-bond acceptors (Lipinski definition) is 3. The zero-order chi connectivity index (χ0) is 13.7. The van der Waals surface area contributed by atoms with E-state index in [4.69, 9.17) is 0 Å². The molecule has 1 N–H and O–H groups in total. The van der Waals surface area contributed by atoms with Crippen LogP contribution in [0.4, 0.5) is 8.78 Å². The van der Waals surface area contributed by atoms with Gasteiger partial charge in [0.25, 0.3) is 12.3 Å². The summed E-state index contributed by atoms with van der Waals surface area (Å²) < 4.78 is 26.9. The lowest BCUT2D eigenvalue weighted by Gasteiger charge is -2.17. The van der Waals surface area contributed by atoms with Crippen LogP contribution in [-0.2, 0) is 0 Å². The third-order valence-corrected chi connectivity index (χ3v) is 2.55. The van der Waals surface area contributed by atoms with Crippen LogP contribution in [0.1, 0.15) is 16.4 Å². The molecule has 0 bridgehead atoms. The van der Waals surface area contributed by atoms with Gasteiger partial charge >= 0.3 is 0 Å². The van der Waals surface area contributed by atoms with Crippen molar-refractivity contribution in [2.24, 2.45) is 0 Å². The summed E-state index contributed by atoms with van der Waals surface area (Å²) in [4.78, 5) is 15.5. The zero-order valence-electron chi connectivity index (χ0n) is 9.91. The zero-order valence-corrected chi connectivity index (χ0v) is 9.91. The van der Waals surface area contributed by atoms with Gasteiger partial charge in [-0.15, -0.1) is 0 Å². The normalized spacial score (nSPS) is 12.4. The van der Waals surface area contributed by atoms with Crippen LogP contribution >= 0.6 is 0 Å². The molecule has 100 valence electrons. The Morgan fingerprint density at radius 2 is 2.21 bits per heavy atom. The van der Waals surface area contributed by atoms with Crippen molar-refractivity contribution in [2.45, 2.75) is 12.5 Å². The van der Waals surface area contributed by atoms with Gasteiger partial charge in [0.1, 0.15) is 6.04 Å². The molecule has 0 fully saturated rings. The number of hydrogen-bond donors (Lipinski definition) is 1. The molecule has 0 saturated heterocycles. The van der Waals surface area contributed by atoms with Crippen molar-refractivity contribution in [3.8, 4) is 0 Å². The molecule has 0 aliphatic heterocycles. The fourth-order valence-corrected chi connectivity index (χ4v) is 1.57. The Balaban J connectivity index is 1.98. The average molecular weight is 266 g/mol. The van der Waals surface area contributed by atoms with Crippen molar-refractivity contribution in [2.75, 3.05) is 6.54 Å². The van der Waals surface area contributed by atoms with Crippen molar-refractivity contribution >= 4 is 5.91 Å². The molecule has 7 heteroatoms. The SMILES string of the molecule is O=C(NCC(C(F)F)n1cccn1)c1cccnc1. The molecule has 2 aromatic heterocycles. The number of rotatable bonds is 5. The standard InChI is InChI=1S/C12H12F2N4O/c13-11(14)10(18-6-2-5-17-18)8-16-12(19)9-3-1-4-15-7-9/h1-7,10-11H,8H2,(H,16,19). The fraction of sp³-hybridized carbons (Fsp3) is 0.250. The number of carbonyl (C=O) groups excluding carboxylic acids is 1. The molecule has 0 aliphatic carbocycles. The minimum atomic E-state index is -2.62. The summed E-state index contributed by atoms with van der Waals surface area (Å²) in [6, 6.07) is 3.54. The quantitative estimate of drug-likeness (QED) is 0.892. The molecule has 2 rings (SSSR count). The minimum Gasteiger partial charge on any atom is -0.350 e. The van der Waals surface area contributed by atoms with Crippen LogP contribution in [0.25, 0.3) is 0 Å². The van der Waals surface area contributed by atoms with Crippen LogP contribution in [0.5, 0.6) is 0 Å². The smallest absolute Gasteiger partial charge is 0.262 e. The van der Waals surface area contributed by atoms with E-state index in [2.05, 4.69) is 15.4 Å². The first-order chi connectivity index (χ1) is 9.18. The summed E-state index contributed by atoms with van der Waals surface area (Å²) in [6.07, 6.45) is 3.14. The third kappa shape index (κ3) is 3.34. The highest BCUT2D eigenvalue weighted by molar-refractivity contribution is 5.93. The Bertz CT molecular complexity index is 516. The van der Waals surface area contributed by atoms with E-state index >= 15 is 0 Å². The lowest BCUT2D eigenvalue weighted by Crippen LogP contribution is -2.34. The van der Waals surface area contributed by atoms with Gasteiger partial charge in [0.2, 0.25) is 0 Å². The number of alkyl halides is 2. The predicted octanol–water partition coefficient (Wildman–Crippen LogP) is 1.51. The van der Waals surface area contributed by atoms with E-state index in [0.29, 0.717) is 5.56 Å². The molecule has 0 aromatic carbocycles. The van der Waals surface area contributed by atoms with Crippen LogP contribution in [-0.4, -0.2) is 33.6 Å². The third-order valence-electron chi connectivity index (χ3n) is 2.55. The molecule has 0 aliphatic rings. The van der Waals surface area contributed by atoms with E-state index in [9.17, 15) is 13.6 Å². The Labute approximate surface area is 108 Å². The summed E-state index contributed by atoms with van der Waals surface area (Å²) in [7, 11) is 0. The highest BCUT2D eigenvalue weighted by Gasteiger charge is 2.23. The van der Waals surface area contributed by atoms with Crippen molar-refractivity contribution in [3.63, 3.8) is 0 Å². The molecule has 5 nitrogen and oxygen atoms in total. The van der Waals surface area contributed by atoms with Gasteiger partial charge in [-0.3, -0.25) is 14.5 Å². The first-order valence-electron chi connectivity index (χ1n) is 5.64. The maximum absolute atomic E-state index is 12.9. The van der Waals surface area contributed by atoms with Crippen LogP contribution in [0.15, 0.2) is 43.0 Å². The second-order valence-corrected chi connectivity index (χ2v) is 3.84. The van der Waals surface area contributed by atoms with Gasteiger partial charge in [0.15, 0.2) is 0 Å². The molecule has 0 spiro atoms. The fourth-order valence-electron chi connectivity index (χ4n) is 1.57. The Morgan fingerprint density at radius 1 is 1.37 bits per heavy atom. The second kappa shape index (κ2) is 6.03. The van der Waals surface area contributed by atoms with E-state index in [1.807, 2.05) is 0 Å². The van der Waals surface area contributed by atoms with Crippen LogP contribution < -0.4 is 5.32 Å². The predicted molar refractivity (Wildman–Crippen MR) is 63.8 cm³/mol. The summed E-state index contributed by atoms with van der Waals surface area (Å²) in [6.45, 7) is -0.201. The number of carbonyl (C=O) groups is 1. The number of nitrogens with one attached hydrogen (secondary N) is 1. The van der Waals surface area contributed by atoms with Crippen LogP contribution in [0.3, 0.4) is 0 Å². The Kier molecular flexibility index (Phi) is 4.17. The van der Waals surface area contributed by atoms with Gasteiger partial charge < -0.3 is 5.32 Å². The van der Waals surface area contributed by atoms with Crippen molar-refractivity contribution in [3.05, 3.63) is 48.5 Å². The molecule has 1 amide bonds. The lowest BCUT2D eigenvalue weighted by molar-refractivity contribution is 0.0714. The number of amides is 1. The van der Waals surface area contributed by atoms with Gasteiger partial charge in [-0.25, -0.2) is 8.78 Å². The van der Waals surface area contributed by atoms with Crippen LogP contribution in [0, 0.1) is 0 Å².